The maximum absolute atomic E-state index is 10.3. The number of aryl methyl sites for hydroxylation is 1. The van der Waals surface area contributed by atoms with E-state index in [0.717, 1.165) is 22.2 Å². The molecule has 1 amide bonds. The highest BCUT2D eigenvalue weighted by Crippen LogP contribution is 2.22. The Morgan fingerprint density at radius 3 is 2.93 bits per heavy atom. The molecule has 0 radical (unpaired) electrons. The first-order chi connectivity index (χ1) is 6.83. The van der Waals surface area contributed by atoms with Gasteiger partial charge in [-0.25, -0.2) is 0 Å². The van der Waals surface area contributed by atoms with Crippen molar-refractivity contribution in [2.75, 3.05) is 5.32 Å². The fourth-order valence-electron chi connectivity index (χ4n) is 1.49. The van der Waals surface area contributed by atoms with E-state index in [-0.39, 0.29) is 0 Å². The number of pyridine rings is 1. The van der Waals surface area contributed by atoms with E-state index >= 15 is 0 Å². The average molecular weight is 186 g/mol. The van der Waals surface area contributed by atoms with Crippen LogP contribution in [-0.4, -0.2) is 11.4 Å². The van der Waals surface area contributed by atoms with E-state index in [0.29, 0.717) is 6.41 Å². The van der Waals surface area contributed by atoms with Crippen molar-refractivity contribution >= 4 is 23.0 Å². The first-order valence-electron chi connectivity index (χ1n) is 4.37. The summed E-state index contributed by atoms with van der Waals surface area (Å²) in [5.41, 5.74) is 2.75. The van der Waals surface area contributed by atoms with Crippen molar-refractivity contribution in [1.29, 1.82) is 0 Å². The summed E-state index contributed by atoms with van der Waals surface area (Å²) < 4.78 is 0. The highest BCUT2D eigenvalue weighted by Gasteiger charge is 2.02. The van der Waals surface area contributed by atoms with Gasteiger partial charge in [-0.3, -0.25) is 9.78 Å². The van der Waals surface area contributed by atoms with Gasteiger partial charge in [0.05, 0.1) is 17.4 Å². The van der Waals surface area contributed by atoms with Gasteiger partial charge >= 0.3 is 0 Å². The first-order valence-corrected chi connectivity index (χ1v) is 4.37. The van der Waals surface area contributed by atoms with Crippen LogP contribution in [-0.2, 0) is 4.79 Å². The molecule has 2 aromatic rings. The van der Waals surface area contributed by atoms with E-state index < -0.39 is 0 Å². The van der Waals surface area contributed by atoms with Crippen LogP contribution in [0, 0.1) is 6.92 Å². The molecule has 3 heteroatoms. The van der Waals surface area contributed by atoms with Crippen molar-refractivity contribution in [2.24, 2.45) is 0 Å². The quantitative estimate of drug-likeness (QED) is 0.730. The van der Waals surface area contributed by atoms with E-state index in [1.165, 1.54) is 0 Å². The normalized spacial score (nSPS) is 10.1. The van der Waals surface area contributed by atoms with Crippen molar-refractivity contribution in [3.8, 4) is 0 Å². The van der Waals surface area contributed by atoms with Crippen molar-refractivity contribution in [1.82, 2.24) is 4.98 Å². The summed E-state index contributed by atoms with van der Waals surface area (Å²) in [5.74, 6) is 0. The number of fused-ring (bicyclic) bond motifs is 1. The number of carbonyl (C=O) groups is 1. The van der Waals surface area contributed by atoms with Gasteiger partial charge in [0.25, 0.3) is 0 Å². The highest BCUT2D eigenvalue weighted by molar-refractivity contribution is 5.88. The van der Waals surface area contributed by atoms with Gasteiger partial charge in [-0.2, -0.15) is 0 Å². The minimum Gasteiger partial charge on any atom is -0.327 e. The number of carbonyl (C=O) groups excluding carboxylic acids is 1. The van der Waals surface area contributed by atoms with Gasteiger partial charge in [-0.1, -0.05) is 18.2 Å². The Labute approximate surface area is 81.8 Å². The molecular weight excluding hydrogens is 176 g/mol. The molecule has 0 spiro atoms. The molecule has 0 aliphatic heterocycles. The Balaban J connectivity index is 2.68. The summed E-state index contributed by atoms with van der Waals surface area (Å²) >= 11 is 0. The summed E-state index contributed by atoms with van der Waals surface area (Å²) in [6, 6.07) is 7.85. The summed E-state index contributed by atoms with van der Waals surface area (Å²) in [5, 5.41) is 3.69. The van der Waals surface area contributed by atoms with Crippen LogP contribution < -0.4 is 5.32 Å². The number of aromatic nitrogens is 1. The van der Waals surface area contributed by atoms with Crippen molar-refractivity contribution in [2.45, 2.75) is 6.92 Å². The number of anilines is 1. The number of amides is 1. The highest BCUT2D eigenvalue weighted by atomic mass is 16.1. The Bertz CT molecular complexity index is 480. The molecule has 0 aliphatic carbocycles. The van der Waals surface area contributed by atoms with Gasteiger partial charge in [0, 0.05) is 5.39 Å². The SMILES string of the molecule is Cc1c(NC=O)cnc2ccccc12. The molecular formula is C11H10N2O. The molecule has 1 N–H and O–H groups in total. The van der Waals surface area contributed by atoms with Gasteiger partial charge in [0.1, 0.15) is 0 Å². The van der Waals surface area contributed by atoms with Gasteiger partial charge in [0.2, 0.25) is 6.41 Å². The van der Waals surface area contributed by atoms with Crippen LogP contribution in [0.15, 0.2) is 30.5 Å². The molecule has 0 fully saturated rings. The molecule has 0 aliphatic rings. The minimum absolute atomic E-state index is 0.665. The summed E-state index contributed by atoms with van der Waals surface area (Å²) in [6.45, 7) is 1.97. The number of nitrogens with one attached hydrogen (secondary N) is 1. The summed E-state index contributed by atoms with van der Waals surface area (Å²) in [7, 11) is 0. The molecule has 70 valence electrons. The third-order valence-corrected chi connectivity index (χ3v) is 2.26. The fourth-order valence-corrected chi connectivity index (χ4v) is 1.49. The predicted molar refractivity (Wildman–Crippen MR) is 56.2 cm³/mol. The van der Waals surface area contributed by atoms with Crippen LogP contribution in [0.5, 0.6) is 0 Å². The molecule has 3 nitrogen and oxygen atoms in total. The Morgan fingerprint density at radius 2 is 2.14 bits per heavy atom. The zero-order valence-electron chi connectivity index (χ0n) is 7.82. The third kappa shape index (κ3) is 1.33. The first kappa shape index (κ1) is 8.69. The molecule has 0 bridgehead atoms. The monoisotopic (exact) mass is 186 g/mol. The smallest absolute Gasteiger partial charge is 0.211 e. The zero-order valence-corrected chi connectivity index (χ0v) is 7.82. The molecule has 0 saturated heterocycles. The Morgan fingerprint density at radius 1 is 1.36 bits per heavy atom. The molecule has 1 heterocycles. The van der Waals surface area contributed by atoms with E-state index in [1.807, 2.05) is 31.2 Å². The molecule has 2 rings (SSSR count). The van der Waals surface area contributed by atoms with Crippen LogP contribution in [0.4, 0.5) is 5.69 Å². The largest absolute Gasteiger partial charge is 0.327 e. The average Bonchev–Trinajstić information content (AvgIpc) is 2.23. The van der Waals surface area contributed by atoms with Gasteiger partial charge in [-0.15, -0.1) is 0 Å². The second-order valence-electron chi connectivity index (χ2n) is 3.08. The minimum atomic E-state index is 0.665. The fraction of sp³-hybridized carbons (Fsp3) is 0.0909. The number of para-hydroxylation sites is 1. The van der Waals surface area contributed by atoms with Crippen LogP contribution in [0.2, 0.25) is 0 Å². The van der Waals surface area contributed by atoms with Crippen molar-refractivity contribution < 1.29 is 4.79 Å². The lowest BCUT2D eigenvalue weighted by Gasteiger charge is -2.06. The second kappa shape index (κ2) is 3.46. The van der Waals surface area contributed by atoms with Gasteiger partial charge < -0.3 is 5.32 Å². The maximum Gasteiger partial charge on any atom is 0.211 e. The van der Waals surface area contributed by atoms with E-state index in [4.69, 9.17) is 0 Å². The van der Waals surface area contributed by atoms with E-state index in [9.17, 15) is 4.79 Å². The van der Waals surface area contributed by atoms with Gasteiger partial charge in [-0.05, 0) is 18.6 Å². The summed E-state index contributed by atoms with van der Waals surface area (Å²) in [4.78, 5) is 14.6. The molecule has 14 heavy (non-hydrogen) atoms. The molecule has 1 aromatic heterocycles. The van der Waals surface area contributed by atoms with Crippen molar-refractivity contribution in [3.63, 3.8) is 0 Å². The van der Waals surface area contributed by atoms with Crippen LogP contribution in [0.25, 0.3) is 10.9 Å². The number of hydrogen-bond donors (Lipinski definition) is 1. The number of rotatable bonds is 2. The number of benzene rings is 1. The standard InChI is InChI=1S/C11H10N2O/c1-8-9-4-2-3-5-10(9)12-6-11(8)13-7-14/h2-7H,1H3,(H,13,14). The lowest BCUT2D eigenvalue weighted by molar-refractivity contribution is -0.105. The Kier molecular flexibility index (Phi) is 2.14. The van der Waals surface area contributed by atoms with Crippen molar-refractivity contribution in [3.05, 3.63) is 36.0 Å². The lowest BCUT2D eigenvalue weighted by atomic mass is 10.1. The molecule has 0 atom stereocenters. The topological polar surface area (TPSA) is 42.0 Å². The molecule has 1 aromatic carbocycles. The molecule has 0 saturated carbocycles. The van der Waals surface area contributed by atoms with E-state index in [2.05, 4.69) is 10.3 Å². The van der Waals surface area contributed by atoms with Gasteiger partial charge in [0.15, 0.2) is 0 Å². The second-order valence-corrected chi connectivity index (χ2v) is 3.08. The van der Waals surface area contributed by atoms with Crippen LogP contribution in [0.1, 0.15) is 5.56 Å². The molecule has 0 unspecified atom stereocenters. The van der Waals surface area contributed by atoms with E-state index in [1.54, 1.807) is 6.20 Å². The number of nitrogens with zero attached hydrogens (tertiary/aromatic N) is 1. The summed E-state index contributed by atoms with van der Waals surface area (Å²) in [6.07, 6.45) is 2.34. The lowest BCUT2D eigenvalue weighted by Crippen LogP contribution is -1.97. The van der Waals surface area contributed by atoms with Crippen LogP contribution in [0.3, 0.4) is 0 Å². The third-order valence-electron chi connectivity index (χ3n) is 2.26. The maximum atomic E-state index is 10.3. The van der Waals surface area contributed by atoms with Crippen LogP contribution >= 0.6 is 0 Å². The number of hydrogen-bond acceptors (Lipinski definition) is 2. The Hall–Kier alpha value is -1.90. The predicted octanol–water partition coefficient (Wildman–Crippen LogP) is 2.11. The zero-order chi connectivity index (χ0) is 9.97.